The molecular weight excluding hydrogens is 270 g/mol. The number of nitrogens with zero attached hydrogens (tertiary/aromatic N) is 4. The number of anilines is 2. The molecule has 7 nitrogen and oxygen atoms in total. The Kier molecular flexibility index (Phi) is 5.10. The van der Waals surface area contributed by atoms with Gasteiger partial charge in [0.05, 0.1) is 36.8 Å². The van der Waals surface area contributed by atoms with Gasteiger partial charge in [0, 0.05) is 13.2 Å². The average molecular weight is 291 g/mol. The van der Waals surface area contributed by atoms with Gasteiger partial charge in [0.25, 0.3) is 0 Å². The van der Waals surface area contributed by atoms with Crippen molar-refractivity contribution in [2.24, 2.45) is 0 Å². The zero-order valence-corrected chi connectivity index (χ0v) is 12.9. The van der Waals surface area contributed by atoms with Gasteiger partial charge in [-0.05, 0) is 20.8 Å². The normalized spacial score (nSPS) is 10.7. The molecule has 0 atom stereocenters. The molecule has 2 heterocycles. The highest BCUT2D eigenvalue weighted by molar-refractivity contribution is 5.61. The summed E-state index contributed by atoms with van der Waals surface area (Å²) in [6.07, 6.45) is 1.48. The fourth-order valence-electron chi connectivity index (χ4n) is 2.04. The maximum atomic E-state index is 5.37. The molecule has 0 fully saturated rings. The molecule has 0 radical (unpaired) electrons. The van der Waals surface area contributed by atoms with E-state index >= 15 is 0 Å². The third kappa shape index (κ3) is 3.69. The molecular formula is C14H21N5O2. The van der Waals surface area contributed by atoms with Crippen LogP contribution in [0, 0.1) is 13.8 Å². The Labute approximate surface area is 124 Å². The summed E-state index contributed by atoms with van der Waals surface area (Å²) in [5.41, 5.74) is 2.91. The highest BCUT2D eigenvalue weighted by atomic mass is 16.5. The molecule has 1 N–H and O–H groups in total. The van der Waals surface area contributed by atoms with Crippen molar-refractivity contribution < 1.29 is 9.47 Å². The molecule has 0 aromatic carbocycles. The highest BCUT2D eigenvalue weighted by Crippen LogP contribution is 2.24. The van der Waals surface area contributed by atoms with Gasteiger partial charge in [-0.2, -0.15) is 5.10 Å². The van der Waals surface area contributed by atoms with Crippen LogP contribution in [-0.2, 0) is 11.3 Å². The molecule has 2 aromatic rings. The van der Waals surface area contributed by atoms with E-state index in [0.29, 0.717) is 24.9 Å². The molecule has 0 saturated heterocycles. The quantitative estimate of drug-likeness (QED) is 0.842. The second-order valence-corrected chi connectivity index (χ2v) is 4.56. The van der Waals surface area contributed by atoms with Crippen molar-refractivity contribution in [3.63, 3.8) is 0 Å². The number of aromatic nitrogens is 4. The summed E-state index contributed by atoms with van der Waals surface area (Å²) in [5, 5.41) is 7.78. The smallest absolute Gasteiger partial charge is 0.218 e. The maximum Gasteiger partial charge on any atom is 0.218 e. The van der Waals surface area contributed by atoms with E-state index in [2.05, 4.69) is 20.4 Å². The van der Waals surface area contributed by atoms with Gasteiger partial charge in [0.15, 0.2) is 0 Å². The van der Waals surface area contributed by atoms with Crippen molar-refractivity contribution in [3.8, 4) is 5.88 Å². The molecule has 0 saturated carbocycles. The standard InChI is InChI=1S/C14H21N5O2/c1-5-21-13-8-12(15-9-16-13)17-14-10(2)18-19(11(14)3)6-7-20-4/h8-9H,5-7H2,1-4H3,(H,15,16,17). The molecule has 2 rings (SSSR count). The zero-order valence-electron chi connectivity index (χ0n) is 12.9. The van der Waals surface area contributed by atoms with Gasteiger partial charge in [0.1, 0.15) is 12.1 Å². The van der Waals surface area contributed by atoms with Crippen LogP contribution in [0.1, 0.15) is 18.3 Å². The average Bonchev–Trinajstić information content (AvgIpc) is 2.73. The summed E-state index contributed by atoms with van der Waals surface area (Å²) in [7, 11) is 1.68. The van der Waals surface area contributed by atoms with Crippen LogP contribution in [0.4, 0.5) is 11.5 Å². The topological polar surface area (TPSA) is 74.1 Å². The molecule has 21 heavy (non-hydrogen) atoms. The monoisotopic (exact) mass is 291 g/mol. The molecule has 0 unspecified atom stereocenters. The van der Waals surface area contributed by atoms with E-state index in [4.69, 9.17) is 9.47 Å². The van der Waals surface area contributed by atoms with E-state index in [-0.39, 0.29) is 0 Å². The summed E-state index contributed by atoms with van der Waals surface area (Å²) in [4.78, 5) is 8.26. The first kappa shape index (κ1) is 15.2. The minimum atomic E-state index is 0.553. The van der Waals surface area contributed by atoms with E-state index < -0.39 is 0 Å². The Morgan fingerprint density at radius 1 is 1.29 bits per heavy atom. The number of nitrogens with one attached hydrogen (secondary N) is 1. The van der Waals surface area contributed by atoms with Crippen LogP contribution in [0.5, 0.6) is 5.88 Å². The van der Waals surface area contributed by atoms with Crippen LogP contribution < -0.4 is 10.1 Å². The third-order valence-electron chi connectivity index (χ3n) is 3.08. The van der Waals surface area contributed by atoms with Gasteiger partial charge in [-0.1, -0.05) is 0 Å². The largest absolute Gasteiger partial charge is 0.478 e. The van der Waals surface area contributed by atoms with Gasteiger partial charge in [-0.3, -0.25) is 4.68 Å². The van der Waals surface area contributed by atoms with Crippen LogP contribution in [0.25, 0.3) is 0 Å². The van der Waals surface area contributed by atoms with Crippen LogP contribution in [0.2, 0.25) is 0 Å². The SMILES string of the molecule is CCOc1cc(Nc2c(C)nn(CCOC)c2C)ncn1. The zero-order chi connectivity index (χ0) is 15.2. The number of aryl methyl sites for hydroxylation is 1. The van der Waals surface area contributed by atoms with Crippen molar-refractivity contribution in [1.82, 2.24) is 19.7 Å². The Morgan fingerprint density at radius 3 is 2.81 bits per heavy atom. The molecule has 0 spiro atoms. The number of ether oxygens (including phenoxy) is 2. The second kappa shape index (κ2) is 7.03. The van der Waals surface area contributed by atoms with Crippen molar-refractivity contribution in [3.05, 3.63) is 23.8 Å². The van der Waals surface area contributed by atoms with E-state index in [1.807, 2.05) is 25.5 Å². The van der Waals surface area contributed by atoms with Crippen LogP contribution in [-0.4, -0.2) is 40.1 Å². The Morgan fingerprint density at radius 2 is 2.10 bits per heavy atom. The Bertz CT molecular complexity index is 597. The lowest BCUT2D eigenvalue weighted by molar-refractivity contribution is 0.182. The van der Waals surface area contributed by atoms with E-state index in [0.717, 1.165) is 23.6 Å². The highest BCUT2D eigenvalue weighted by Gasteiger charge is 2.12. The number of hydrogen-bond acceptors (Lipinski definition) is 6. The lowest BCUT2D eigenvalue weighted by atomic mass is 10.3. The predicted octanol–water partition coefficient (Wildman–Crippen LogP) is 2.08. The summed E-state index contributed by atoms with van der Waals surface area (Å²) < 4.78 is 12.4. The Balaban J connectivity index is 2.19. The van der Waals surface area contributed by atoms with Gasteiger partial charge in [0.2, 0.25) is 5.88 Å². The number of methoxy groups -OCH3 is 1. The van der Waals surface area contributed by atoms with Crippen LogP contribution >= 0.6 is 0 Å². The number of hydrogen-bond donors (Lipinski definition) is 1. The predicted molar refractivity (Wildman–Crippen MR) is 80.1 cm³/mol. The third-order valence-corrected chi connectivity index (χ3v) is 3.08. The summed E-state index contributed by atoms with van der Waals surface area (Å²) in [6.45, 7) is 7.82. The molecule has 0 aliphatic heterocycles. The molecule has 0 aliphatic rings. The fraction of sp³-hybridized carbons (Fsp3) is 0.500. The van der Waals surface area contributed by atoms with E-state index in [1.54, 1.807) is 13.2 Å². The van der Waals surface area contributed by atoms with E-state index in [1.165, 1.54) is 6.33 Å². The van der Waals surface area contributed by atoms with Crippen molar-refractivity contribution >= 4 is 11.5 Å². The maximum absolute atomic E-state index is 5.37. The van der Waals surface area contributed by atoms with Crippen molar-refractivity contribution in [1.29, 1.82) is 0 Å². The van der Waals surface area contributed by atoms with Crippen molar-refractivity contribution in [2.75, 3.05) is 25.6 Å². The first-order chi connectivity index (χ1) is 10.2. The summed E-state index contributed by atoms with van der Waals surface area (Å²) >= 11 is 0. The molecule has 0 aliphatic carbocycles. The molecule has 7 heteroatoms. The van der Waals surface area contributed by atoms with E-state index in [9.17, 15) is 0 Å². The van der Waals surface area contributed by atoms with Gasteiger partial charge in [-0.15, -0.1) is 0 Å². The first-order valence-electron chi connectivity index (χ1n) is 6.90. The summed E-state index contributed by atoms with van der Waals surface area (Å²) in [5.74, 6) is 1.24. The molecule has 0 bridgehead atoms. The number of rotatable bonds is 7. The van der Waals surface area contributed by atoms with Gasteiger partial charge in [-0.25, -0.2) is 9.97 Å². The molecule has 114 valence electrons. The van der Waals surface area contributed by atoms with Gasteiger partial charge < -0.3 is 14.8 Å². The van der Waals surface area contributed by atoms with Crippen LogP contribution in [0.15, 0.2) is 12.4 Å². The second-order valence-electron chi connectivity index (χ2n) is 4.56. The molecule has 0 amide bonds. The van der Waals surface area contributed by atoms with Crippen molar-refractivity contribution in [2.45, 2.75) is 27.3 Å². The minimum Gasteiger partial charge on any atom is -0.478 e. The molecule has 2 aromatic heterocycles. The Hall–Kier alpha value is -2.15. The fourth-order valence-corrected chi connectivity index (χ4v) is 2.04. The minimum absolute atomic E-state index is 0.553. The lowest BCUT2D eigenvalue weighted by Crippen LogP contribution is -2.07. The lowest BCUT2D eigenvalue weighted by Gasteiger charge is -2.08. The first-order valence-corrected chi connectivity index (χ1v) is 6.90. The summed E-state index contributed by atoms with van der Waals surface area (Å²) in [6, 6.07) is 1.77. The van der Waals surface area contributed by atoms with Crippen LogP contribution in [0.3, 0.4) is 0 Å². The van der Waals surface area contributed by atoms with Gasteiger partial charge >= 0.3 is 0 Å².